The number of unbranched alkanes of at least 4 members (excludes halogenated alkanes) is 1. The molecule has 3 fully saturated rings. The van der Waals surface area contributed by atoms with Crippen molar-refractivity contribution in [2.24, 2.45) is 35.5 Å². The Kier molecular flexibility index (Phi) is 43.9. The zero-order valence-corrected chi connectivity index (χ0v) is 75.9. The number of aliphatic hydroxyl groups excluding tert-OH is 1. The Morgan fingerprint density at radius 3 is 2.07 bits per heavy atom. The number of aryl methyl sites for hydroxylation is 1. The zero-order valence-electron chi connectivity index (χ0n) is 75.9. The number of methoxy groups -OCH3 is 3. The maximum atomic E-state index is 14.8. The van der Waals surface area contributed by atoms with E-state index in [1.54, 1.807) is 56.5 Å². The first-order chi connectivity index (χ1) is 61.4. The lowest BCUT2D eigenvalue weighted by atomic mass is 9.78. The lowest BCUT2D eigenvalue weighted by Gasteiger charge is -2.42. The summed E-state index contributed by atoms with van der Waals surface area (Å²) in [6.07, 6.45) is 16.3. The number of nitrogens with two attached hydrogens (primary N) is 2. The largest absolute Gasteiger partial charge is 0.460 e. The van der Waals surface area contributed by atoms with Crippen molar-refractivity contribution < 1.29 is 114 Å². The molecule has 2 saturated heterocycles. The van der Waals surface area contributed by atoms with Crippen LogP contribution in [0, 0.1) is 35.5 Å². The third kappa shape index (κ3) is 32.4. The van der Waals surface area contributed by atoms with Crippen LogP contribution in [0.4, 0.5) is 11.8 Å². The summed E-state index contributed by atoms with van der Waals surface area (Å²) in [5.74, 6) is -8.07. The van der Waals surface area contributed by atoms with Gasteiger partial charge in [0.15, 0.2) is 17.0 Å². The zero-order chi connectivity index (χ0) is 91.0. The smallest absolute Gasteiger partial charge is 0.329 e. The molecule has 5 aromatic rings. The average Bonchev–Trinajstić information content (AvgIpc) is 1.54. The molecular formula is C91H138N12O24. The number of aliphatic hydroxyl groups is 2. The van der Waals surface area contributed by atoms with E-state index in [9.17, 15) is 39.0 Å². The van der Waals surface area contributed by atoms with Crippen molar-refractivity contribution in [3.63, 3.8) is 0 Å². The minimum Gasteiger partial charge on any atom is -0.460 e. The van der Waals surface area contributed by atoms with Gasteiger partial charge in [0.1, 0.15) is 59.2 Å². The number of aromatic nitrogens is 8. The number of carbonyl (C=O) groups excluding carboxylic acids is 6. The summed E-state index contributed by atoms with van der Waals surface area (Å²) < 4.78 is 96.4. The Bertz CT molecular complexity index is 4320. The predicted molar refractivity (Wildman–Crippen MR) is 469 cm³/mol. The first-order valence-corrected chi connectivity index (χ1v) is 45.0. The van der Waals surface area contributed by atoms with E-state index >= 15 is 0 Å². The van der Waals surface area contributed by atoms with Gasteiger partial charge in [0.25, 0.3) is 17.7 Å². The van der Waals surface area contributed by atoms with Crippen LogP contribution in [0.25, 0.3) is 33.4 Å². The van der Waals surface area contributed by atoms with Gasteiger partial charge in [-0.05, 0) is 138 Å². The number of piperidine rings is 1. The van der Waals surface area contributed by atoms with E-state index in [2.05, 4.69) is 30.6 Å². The van der Waals surface area contributed by atoms with Crippen molar-refractivity contribution in [3.8, 4) is 11.3 Å². The fourth-order valence-corrected chi connectivity index (χ4v) is 16.4. The number of rotatable bonds is 45. The summed E-state index contributed by atoms with van der Waals surface area (Å²) in [4.78, 5) is 98.7. The van der Waals surface area contributed by atoms with Gasteiger partial charge in [-0.1, -0.05) is 76.3 Å². The van der Waals surface area contributed by atoms with Crippen LogP contribution < -0.4 is 16.8 Å². The average molecular weight is 1780 g/mol. The van der Waals surface area contributed by atoms with E-state index in [1.165, 1.54) is 18.3 Å². The van der Waals surface area contributed by atoms with Gasteiger partial charge in [0.2, 0.25) is 11.7 Å². The molecule has 7 heterocycles. The van der Waals surface area contributed by atoms with Gasteiger partial charge >= 0.3 is 5.97 Å². The molecule has 1 aromatic carbocycles. The molecule has 1 saturated carbocycles. The molecule has 4 aromatic heterocycles. The number of carbonyl (C=O) groups is 6. The second kappa shape index (κ2) is 54.4. The molecule has 0 unspecified atom stereocenters. The molecule has 7 N–H and O–H groups in total. The highest BCUT2D eigenvalue weighted by atomic mass is 16.6. The van der Waals surface area contributed by atoms with E-state index in [1.807, 2.05) is 76.4 Å². The number of hydrogen-bond donors (Lipinski definition) is 5. The lowest BCUT2D eigenvalue weighted by Crippen LogP contribution is -2.61. The number of fused-ring (bicyclic) bond motifs is 5. The summed E-state index contributed by atoms with van der Waals surface area (Å²) in [6, 6.07) is 4.39. The van der Waals surface area contributed by atoms with Gasteiger partial charge in [-0.2, -0.15) is 10.1 Å². The van der Waals surface area contributed by atoms with Crippen molar-refractivity contribution >= 4 is 69.1 Å². The molecule has 0 spiro atoms. The van der Waals surface area contributed by atoms with Crippen molar-refractivity contribution in [1.82, 2.24) is 49.9 Å². The number of cyclic esters (lactones) is 1. The Hall–Kier alpha value is -8.28. The number of amides is 2. The van der Waals surface area contributed by atoms with Crippen LogP contribution in [-0.2, 0) is 120 Å². The molecular weight excluding hydrogens is 1650 g/mol. The molecule has 15 atom stereocenters. The Morgan fingerprint density at radius 1 is 0.717 bits per heavy atom. The van der Waals surface area contributed by atoms with Crippen molar-refractivity contribution in [2.45, 2.75) is 219 Å². The molecule has 36 nitrogen and oxygen atoms in total. The van der Waals surface area contributed by atoms with Gasteiger partial charge in [-0.3, -0.25) is 24.0 Å². The van der Waals surface area contributed by atoms with E-state index in [-0.39, 0.29) is 92.5 Å². The number of oxazole rings is 1. The van der Waals surface area contributed by atoms with Gasteiger partial charge in [0.05, 0.1) is 168 Å². The summed E-state index contributed by atoms with van der Waals surface area (Å²) >= 11 is 0. The standard InChI is InChI=1S/C91H138N12O24/c1-60-18-12-11-13-19-61(2)76(112-8)55-70-24-21-66(7)91(111,127-70)85(108)88(109)102-29-16-14-20-72(102)89(110)125-77(56-73(104)62(3)51-65(6)83(107)84(114-10)82(106)64(5)50-60)63(4)52-67-22-25-75(78(53-67)113-9)124-49-48-123-58-69-57-101(100-98-69)31-33-116-35-37-118-39-41-120-43-45-122-47-46-121-44-42-119-40-38-117-36-34-115-32-27-79(105)94-28-15-17-30-103-87-80(86(92)95-59-96-87)81(99-103)68-23-26-74-71(54-68)97-90(93)126-74/h11-13,18-19,23,26,51,54,57,59-60,62-64,66-67,70,72,75-78,83-84,107,111H,14-17,20-22,24-25,27-50,52-53,55-56,58H2,1-10H3,(H2,93,97)(H,94,105)(H2,92,95,96)/b13-11?,18-12?,61-19?,65-51+/t60-,62-,63-,64-,66-,67+,70+,72+,75-,76+,77+,78-,83-,84+,91-/m1/s1. The summed E-state index contributed by atoms with van der Waals surface area (Å²) in [5, 5.41) is 40.7. The molecule has 9 rings (SSSR count). The molecule has 706 valence electrons. The number of nitrogens with one attached hydrogen (secondary N) is 1. The summed E-state index contributed by atoms with van der Waals surface area (Å²) in [5.41, 5.74) is 17.1. The van der Waals surface area contributed by atoms with E-state index < -0.39 is 77.8 Å². The number of hydrogen-bond acceptors (Lipinski definition) is 32. The number of ether oxygens (including phenoxy) is 15. The predicted octanol–water partition coefficient (Wildman–Crippen LogP) is 8.25. The summed E-state index contributed by atoms with van der Waals surface area (Å²) in [7, 11) is 4.61. The maximum Gasteiger partial charge on any atom is 0.329 e. The number of nitrogen functional groups attached to an aromatic ring is 2. The third-order valence-electron chi connectivity index (χ3n) is 23.7. The monoisotopic (exact) mass is 1780 g/mol. The van der Waals surface area contributed by atoms with E-state index in [0.29, 0.717) is 235 Å². The van der Waals surface area contributed by atoms with E-state index in [4.69, 9.17) is 92.0 Å². The van der Waals surface area contributed by atoms with Crippen LogP contribution in [0.5, 0.6) is 0 Å². The maximum absolute atomic E-state index is 14.8. The highest BCUT2D eigenvalue weighted by Gasteiger charge is 2.53. The van der Waals surface area contributed by atoms with Crippen LogP contribution in [0.2, 0.25) is 0 Å². The minimum atomic E-state index is -2.47. The highest BCUT2D eigenvalue weighted by molar-refractivity contribution is 6.39. The van der Waals surface area contributed by atoms with Crippen molar-refractivity contribution in [2.75, 3.05) is 165 Å². The van der Waals surface area contributed by atoms with Crippen LogP contribution >= 0.6 is 0 Å². The Balaban J connectivity index is 0.586. The number of Topliss-reactive ketones (excluding diaryl/α,β-unsaturated/α-hetero) is 3. The highest BCUT2D eigenvalue weighted by Crippen LogP contribution is 2.39. The molecule has 2 amide bonds. The Morgan fingerprint density at radius 2 is 1.39 bits per heavy atom. The van der Waals surface area contributed by atoms with Crippen LogP contribution in [-0.4, -0.2) is 298 Å². The molecule has 0 radical (unpaired) electrons. The quantitative estimate of drug-likeness (QED) is 0.0106. The Labute approximate surface area is 744 Å². The number of benzene rings is 1. The van der Waals surface area contributed by atoms with Crippen LogP contribution in [0.1, 0.15) is 150 Å². The van der Waals surface area contributed by atoms with Gasteiger partial charge in [-0.15, -0.1) is 5.10 Å². The third-order valence-corrected chi connectivity index (χ3v) is 23.7. The molecule has 36 heteroatoms. The summed E-state index contributed by atoms with van der Waals surface area (Å²) in [6.45, 7) is 21.6. The van der Waals surface area contributed by atoms with Gasteiger partial charge < -0.3 is 107 Å². The lowest BCUT2D eigenvalue weighted by molar-refractivity contribution is -0.265. The topological polar surface area (TPSA) is 449 Å². The number of nitrogens with zero attached hydrogens (tertiary/aromatic N) is 9. The van der Waals surface area contributed by atoms with Crippen LogP contribution in [0.3, 0.4) is 0 Å². The van der Waals surface area contributed by atoms with Gasteiger partial charge in [0, 0.05) is 83.5 Å². The number of anilines is 2. The molecule has 127 heavy (non-hydrogen) atoms. The van der Waals surface area contributed by atoms with Crippen LogP contribution in [0.15, 0.2) is 82.7 Å². The molecule has 4 aliphatic rings. The fourth-order valence-electron chi connectivity index (χ4n) is 16.4. The molecule has 1 aliphatic carbocycles. The normalized spacial score (nSPS) is 25.6. The second-order valence-corrected chi connectivity index (χ2v) is 33.4. The first kappa shape index (κ1) is 102. The SMILES string of the molecule is CO[C@H]1C[C@@H]2CC[C@@H](C)[C@@](O)(O2)C(=O)C(=O)N2CCCC[C@H]2C(=O)O[C@H]([C@H](C)C[C@@H]2CC[C@@H](OCCOCc3cn(CCOCCOCCOCCOCCOCCOCCOCCOCCC(=O)NCCCCn4nc(-c5ccc6oc(N)nc6c5)c5c(N)ncnc54)nn3)[C@H](OC)C2)CC(=O)[C@H](C)/C=C(\C)[C@@H](O)[C@@H](OC)C(=O)[C@H](C)C[C@H](C)C=CC=CC=C1C. The van der Waals surface area contributed by atoms with E-state index in [0.717, 1.165) is 30.4 Å². The fraction of sp³-hybridized carbons (Fsp3) is 0.692. The number of esters is 1. The van der Waals surface area contributed by atoms with Gasteiger partial charge in [-0.25, -0.2) is 24.1 Å². The second-order valence-electron chi connectivity index (χ2n) is 33.4. The molecule has 3 aliphatic heterocycles. The number of ketones is 3. The van der Waals surface area contributed by atoms with Crippen molar-refractivity contribution in [1.29, 1.82) is 0 Å². The number of allylic oxidation sites excluding steroid dienone is 6. The minimum absolute atomic E-state index is 0.00921. The van der Waals surface area contributed by atoms with Crippen molar-refractivity contribution in [3.05, 3.63) is 84.0 Å². The first-order valence-electron chi connectivity index (χ1n) is 45.0. The molecule has 2 bridgehead atoms.